The topological polar surface area (TPSA) is 47.6 Å². The van der Waals surface area contributed by atoms with Crippen LogP contribution >= 0.6 is 0 Å². The maximum absolute atomic E-state index is 14.2. The molecule has 2 atom stereocenters. The number of hydrogen-bond donors (Lipinski definition) is 1. The van der Waals surface area contributed by atoms with Gasteiger partial charge in [0.25, 0.3) is 0 Å². The monoisotopic (exact) mass is 363 g/mol. The van der Waals surface area contributed by atoms with Crippen LogP contribution in [0.4, 0.5) is 9.18 Å². The number of carbonyl (C=O) groups is 1. The van der Waals surface area contributed by atoms with Crippen LogP contribution in [0.2, 0.25) is 0 Å². The highest BCUT2D eigenvalue weighted by molar-refractivity contribution is 5.72. The van der Waals surface area contributed by atoms with Gasteiger partial charge in [-0.05, 0) is 41.0 Å². The van der Waals surface area contributed by atoms with Crippen LogP contribution in [-0.2, 0) is 4.74 Å². The van der Waals surface area contributed by atoms with Gasteiger partial charge in [-0.25, -0.2) is 9.18 Å². The second-order valence-corrected chi connectivity index (χ2v) is 6.33. The molecule has 1 N–H and O–H groups in total. The molecule has 1 heterocycles. The van der Waals surface area contributed by atoms with E-state index < -0.39 is 12.2 Å². The molecule has 0 saturated carbocycles. The molecule has 0 aromatic heterocycles. The number of ether oxygens (including phenoxy) is 2. The number of carbonyl (C=O) groups excluding carboxylic acids is 1. The zero-order valence-corrected chi connectivity index (χ0v) is 14.7. The van der Waals surface area contributed by atoms with Crippen LogP contribution in [0.3, 0.4) is 0 Å². The van der Waals surface area contributed by atoms with Gasteiger partial charge in [0.2, 0.25) is 0 Å². The minimum Gasteiger partial charge on any atom is -0.497 e. The highest BCUT2D eigenvalue weighted by Crippen LogP contribution is 2.38. The molecule has 0 bridgehead atoms. The van der Waals surface area contributed by atoms with Gasteiger partial charge < -0.3 is 14.8 Å². The van der Waals surface area contributed by atoms with Crippen molar-refractivity contribution in [2.24, 2.45) is 0 Å². The van der Waals surface area contributed by atoms with E-state index in [0.717, 1.165) is 16.7 Å². The van der Waals surface area contributed by atoms with E-state index in [2.05, 4.69) is 5.32 Å². The summed E-state index contributed by atoms with van der Waals surface area (Å²) >= 11 is 0. The average molecular weight is 363 g/mol. The largest absolute Gasteiger partial charge is 0.497 e. The van der Waals surface area contributed by atoms with E-state index >= 15 is 0 Å². The molecule has 4 nitrogen and oxygen atoms in total. The maximum Gasteiger partial charge on any atom is 0.408 e. The molecule has 27 heavy (non-hydrogen) atoms. The molecule has 1 aliphatic rings. The van der Waals surface area contributed by atoms with Crippen LogP contribution < -0.4 is 10.1 Å². The molecule has 4 rings (SSSR count). The summed E-state index contributed by atoms with van der Waals surface area (Å²) in [6.45, 7) is 0. The first-order valence-corrected chi connectivity index (χ1v) is 8.61. The Morgan fingerprint density at radius 3 is 2.56 bits per heavy atom. The Balaban J connectivity index is 1.72. The second-order valence-electron chi connectivity index (χ2n) is 6.33. The molecule has 0 aliphatic carbocycles. The van der Waals surface area contributed by atoms with Crippen molar-refractivity contribution >= 4 is 6.09 Å². The normalized spacial score (nSPS) is 18.7. The SMILES string of the molecule is COc1cccc([C@@H]2OC(=O)N[C@H]2c2cccc(-c3ccccc3F)c2)c1. The van der Waals surface area contributed by atoms with Crippen LogP contribution in [0.25, 0.3) is 11.1 Å². The van der Waals surface area contributed by atoms with Crippen LogP contribution in [-0.4, -0.2) is 13.2 Å². The van der Waals surface area contributed by atoms with Crippen LogP contribution in [0.5, 0.6) is 5.75 Å². The number of nitrogens with one attached hydrogen (secondary N) is 1. The van der Waals surface area contributed by atoms with E-state index in [1.54, 1.807) is 25.3 Å². The van der Waals surface area contributed by atoms with Crippen molar-refractivity contribution in [1.29, 1.82) is 0 Å². The summed E-state index contributed by atoms with van der Waals surface area (Å²) in [5.74, 6) is 0.403. The number of alkyl carbamates (subject to hydrolysis) is 1. The van der Waals surface area contributed by atoms with Crippen molar-refractivity contribution in [3.05, 3.63) is 89.7 Å². The highest BCUT2D eigenvalue weighted by Gasteiger charge is 2.36. The first-order chi connectivity index (χ1) is 13.2. The summed E-state index contributed by atoms with van der Waals surface area (Å²) in [4.78, 5) is 11.9. The van der Waals surface area contributed by atoms with E-state index in [0.29, 0.717) is 11.3 Å². The van der Waals surface area contributed by atoms with Gasteiger partial charge >= 0.3 is 6.09 Å². The number of cyclic esters (lactones) is 1. The zero-order chi connectivity index (χ0) is 18.8. The van der Waals surface area contributed by atoms with E-state index in [1.807, 2.05) is 48.5 Å². The van der Waals surface area contributed by atoms with Crippen molar-refractivity contribution in [2.75, 3.05) is 7.11 Å². The Kier molecular flexibility index (Phi) is 4.50. The third kappa shape index (κ3) is 3.36. The van der Waals surface area contributed by atoms with Gasteiger partial charge in [-0.1, -0.05) is 48.5 Å². The number of rotatable bonds is 4. The summed E-state index contributed by atoms with van der Waals surface area (Å²) in [5, 5.41) is 2.85. The second kappa shape index (κ2) is 7.11. The molecule has 1 amide bonds. The number of hydrogen-bond acceptors (Lipinski definition) is 3. The van der Waals surface area contributed by atoms with Gasteiger partial charge in [0.05, 0.1) is 13.2 Å². The third-order valence-corrected chi connectivity index (χ3v) is 4.66. The number of methoxy groups -OCH3 is 1. The Morgan fingerprint density at radius 1 is 0.963 bits per heavy atom. The Morgan fingerprint density at radius 2 is 1.74 bits per heavy atom. The predicted octanol–water partition coefficient (Wildman–Crippen LogP) is 5.02. The molecule has 0 radical (unpaired) electrons. The van der Waals surface area contributed by atoms with Gasteiger partial charge in [0, 0.05) is 5.56 Å². The molecule has 1 saturated heterocycles. The predicted molar refractivity (Wildman–Crippen MR) is 99.9 cm³/mol. The fourth-order valence-electron chi connectivity index (χ4n) is 3.35. The van der Waals surface area contributed by atoms with Crippen molar-refractivity contribution in [3.63, 3.8) is 0 Å². The summed E-state index contributed by atoms with van der Waals surface area (Å²) in [5.41, 5.74) is 2.93. The van der Waals surface area contributed by atoms with Crippen molar-refractivity contribution < 1.29 is 18.7 Å². The van der Waals surface area contributed by atoms with Crippen LogP contribution in [0, 0.1) is 5.82 Å². The highest BCUT2D eigenvalue weighted by atomic mass is 19.1. The summed E-state index contributed by atoms with van der Waals surface area (Å²) in [7, 11) is 1.59. The number of amides is 1. The average Bonchev–Trinajstić information content (AvgIpc) is 3.10. The minimum absolute atomic E-state index is 0.286. The maximum atomic E-state index is 14.2. The zero-order valence-electron chi connectivity index (χ0n) is 14.7. The van der Waals surface area contributed by atoms with Gasteiger partial charge in [0.15, 0.2) is 6.10 Å². The molecule has 1 fully saturated rings. The molecule has 5 heteroatoms. The quantitative estimate of drug-likeness (QED) is 0.708. The Labute approximate surface area is 156 Å². The molecule has 0 unspecified atom stereocenters. The summed E-state index contributed by atoms with van der Waals surface area (Å²) in [6, 6.07) is 21.1. The standard InChI is InChI=1S/C22H18FNO3/c1-26-17-9-5-8-16(13-17)21-20(24-22(25)27-21)15-7-4-6-14(12-15)18-10-2-3-11-19(18)23/h2-13,20-21H,1H3,(H,24,25)/t20-,21-/m0/s1. The first kappa shape index (κ1) is 17.1. The Bertz CT molecular complexity index is 989. The van der Waals surface area contributed by atoms with Gasteiger partial charge in [-0.15, -0.1) is 0 Å². The lowest BCUT2D eigenvalue weighted by atomic mass is 9.93. The molecular weight excluding hydrogens is 345 g/mol. The lowest BCUT2D eigenvalue weighted by molar-refractivity contribution is 0.132. The van der Waals surface area contributed by atoms with Gasteiger partial charge in [-0.3, -0.25) is 0 Å². The van der Waals surface area contributed by atoms with E-state index in [-0.39, 0.29) is 11.9 Å². The molecule has 3 aromatic carbocycles. The van der Waals surface area contributed by atoms with Gasteiger partial charge in [-0.2, -0.15) is 0 Å². The fourth-order valence-corrected chi connectivity index (χ4v) is 3.35. The summed E-state index contributed by atoms with van der Waals surface area (Å²) in [6.07, 6.45) is -0.979. The number of benzene rings is 3. The lowest BCUT2D eigenvalue weighted by Gasteiger charge is -2.19. The first-order valence-electron chi connectivity index (χ1n) is 8.61. The van der Waals surface area contributed by atoms with Crippen molar-refractivity contribution in [1.82, 2.24) is 5.32 Å². The third-order valence-electron chi connectivity index (χ3n) is 4.66. The van der Waals surface area contributed by atoms with Crippen molar-refractivity contribution in [3.8, 4) is 16.9 Å². The van der Waals surface area contributed by atoms with Crippen LogP contribution in [0.1, 0.15) is 23.3 Å². The smallest absolute Gasteiger partial charge is 0.408 e. The molecule has 136 valence electrons. The lowest BCUT2D eigenvalue weighted by Crippen LogP contribution is -2.19. The number of halogens is 1. The fraction of sp³-hybridized carbons (Fsp3) is 0.136. The van der Waals surface area contributed by atoms with Crippen molar-refractivity contribution in [2.45, 2.75) is 12.1 Å². The molecule has 3 aromatic rings. The van der Waals surface area contributed by atoms with E-state index in [4.69, 9.17) is 9.47 Å². The molecule has 0 spiro atoms. The van der Waals surface area contributed by atoms with E-state index in [1.165, 1.54) is 6.07 Å². The minimum atomic E-state index is -0.497. The summed E-state index contributed by atoms with van der Waals surface area (Å²) < 4.78 is 24.9. The molecular formula is C22H18FNO3. The molecule has 1 aliphatic heterocycles. The van der Waals surface area contributed by atoms with Crippen LogP contribution in [0.15, 0.2) is 72.8 Å². The van der Waals surface area contributed by atoms with E-state index in [9.17, 15) is 9.18 Å². The Hall–Kier alpha value is -3.34. The van der Waals surface area contributed by atoms with Gasteiger partial charge in [0.1, 0.15) is 11.6 Å².